The number of benzene rings is 2. The normalized spacial score (nSPS) is 16.8. The Morgan fingerprint density at radius 2 is 1.74 bits per heavy atom. The molecule has 34 heavy (non-hydrogen) atoms. The van der Waals surface area contributed by atoms with Crippen molar-refractivity contribution in [3.8, 4) is 0 Å². The van der Waals surface area contributed by atoms with E-state index in [1.165, 1.54) is 0 Å². The van der Waals surface area contributed by atoms with Crippen LogP contribution >= 0.6 is 12.2 Å². The van der Waals surface area contributed by atoms with Crippen LogP contribution in [0.2, 0.25) is 0 Å². The molecule has 1 aliphatic rings. The summed E-state index contributed by atoms with van der Waals surface area (Å²) >= 11 is 5.55. The maximum absolute atomic E-state index is 13.0. The minimum atomic E-state index is -0.431. The molecule has 0 unspecified atom stereocenters. The zero-order chi connectivity index (χ0) is 24.8. The second-order valence-corrected chi connectivity index (χ2v) is 8.95. The first kappa shape index (κ1) is 25.4. The molecular weight excluding hydrogens is 446 g/mol. The smallest absolute Gasteiger partial charge is 0.338 e. The van der Waals surface area contributed by atoms with Gasteiger partial charge in [-0.05, 0) is 69.6 Å². The molecule has 7 heteroatoms. The lowest BCUT2D eigenvalue weighted by Gasteiger charge is -2.37. The molecule has 0 spiro atoms. The van der Waals surface area contributed by atoms with Crippen molar-refractivity contribution in [3.05, 3.63) is 77.0 Å². The number of carbonyl (C=O) groups is 2. The standard InChI is InChI=1S/C27H33N3O3S/c1-6-22(19-11-9-8-10-12-19)25(31)28-21-15-13-20(14-16-21)24-23(26(32)33-17(3)4)18(5)30(7-2)27(34)29-24/h8-17,22,24H,6-7H2,1-5H3,(H,28,31)(H,29,34)/t22-,24-/m1/s1. The number of esters is 1. The largest absolute Gasteiger partial charge is 0.459 e. The summed E-state index contributed by atoms with van der Waals surface area (Å²) in [6.07, 6.45) is 0.475. The van der Waals surface area contributed by atoms with Crippen molar-refractivity contribution in [3.63, 3.8) is 0 Å². The van der Waals surface area contributed by atoms with E-state index in [0.717, 1.165) is 16.8 Å². The Bertz CT molecular complexity index is 1060. The van der Waals surface area contributed by atoms with Crippen LogP contribution in [0.1, 0.15) is 64.1 Å². The summed E-state index contributed by atoms with van der Waals surface area (Å²) in [5, 5.41) is 6.87. The summed E-state index contributed by atoms with van der Waals surface area (Å²) in [5.41, 5.74) is 3.88. The molecule has 0 aliphatic carbocycles. The van der Waals surface area contributed by atoms with Gasteiger partial charge in [0.2, 0.25) is 5.91 Å². The van der Waals surface area contributed by atoms with Crippen LogP contribution in [-0.2, 0) is 14.3 Å². The first-order chi connectivity index (χ1) is 16.3. The summed E-state index contributed by atoms with van der Waals surface area (Å²) in [5.74, 6) is -0.632. The van der Waals surface area contributed by atoms with Crippen molar-refractivity contribution in [2.75, 3.05) is 11.9 Å². The van der Waals surface area contributed by atoms with Gasteiger partial charge in [0.1, 0.15) is 0 Å². The van der Waals surface area contributed by atoms with Crippen LogP contribution < -0.4 is 10.6 Å². The van der Waals surface area contributed by atoms with Crippen LogP contribution in [0.4, 0.5) is 5.69 Å². The highest BCUT2D eigenvalue weighted by Gasteiger charge is 2.34. The van der Waals surface area contributed by atoms with Gasteiger partial charge < -0.3 is 20.3 Å². The van der Waals surface area contributed by atoms with Gasteiger partial charge in [0, 0.05) is 17.9 Å². The molecule has 0 bridgehead atoms. The highest BCUT2D eigenvalue weighted by atomic mass is 32.1. The third kappa shape index (κ3) is 5.65. The molecule has 180 valence electrons. The molecule has 0 aromatic heterocycles. The first-order valence-corrected chi connectivity index (χ1v) is 12.1. The quantitative estimate of drug-likeness (QED) is 0.396. The van der Waals surface area contributed by atoms with Crippen molar-refractivity contribution in [2.45, 2.75) is 59.1 Å². The molecule has 0 saturated carbocycles. The maximum atomic E-state index is 13.0. The molecule has 0 fully saturated rings. The van der Waals surface area contributed by atoms with E-state index in [4.69, 9.17) is 17.0 Å². The van der Waals surface area contributed by atoms with Gasteiger partial charge in [-0.2, -0.15) is 0 Å². The molecule has 1 aliphatic heterocycles. The van der Waals surface area contributed by atoms with Gasteiger partial charge >= 0.3 is 5.97 Å². The van der Waals surface area contributed by atoms with Gasteiger partial charge in [-0.1, -0.05) is 49.4 Å². The van der Waals surface area contributed by atoms with Crippen molar-refractivity contribution < 1.29 is 14.3 Å². The third-order valence-electron chi connectivity index (χ3n) is 5.91. The van der Waals surface area contributed by atoms with E-state index in [0.29, 0.717) is 29.3 Å². The number of rotatable bonds is 8. The number of nitrogens with one attached hydrogen (secondary N) is 2. The molecule has 1 heterocycles. The summed E-state index contributed by atoms with van der Waals surface area (Å²) < 4.78 is 5.53. The van der Waals surface area contributed by atoms with Crippen LogP contribution in [0, 0.1) is 0 Å². The minimum absolute atomic E-state index is 0.0473. The topological polar surface area (TPSA) is 70.7 Å². The Hall–Kier alpha value is -3.19. The van der Waals surface area contributed by atoms with E-state index >= 15 is 0 Å². The monoisotopic (exact) mass is 479 g/mol. The van der Waals surface area contributed by atoms with E-state index in [-0.39, 0.29) is 23.9 Å². The number of hydrogen-bond acceptors (Lipinski definition) is 4. The van der Waals surface area contributed by atoms with Crippen LogP contribution in [0.25, 0.3) is 0 Å². The average Bonchev–Trinajstić information content (AvgIpc) is 2.80. The first-order valence-electron chi connectivity index (χ1n) is 11.7. The Morgan fingerprint density at radius 1 is 1.09 bits per heavy atom. The average molecular weight is 480 g/mol. The predicted molar refractivity (Wildman–Crippen MR) is 139 cm³/mol. The van der Waals surface area contributed by atoms with E-state index in [9.17, 15) is 9.59 Å². The van der Waals surface area contributed by atoms with Crippen LogP contribution in [0.3, 0.4) is 0 Å². The van der Waals surface area contributed by atoms with Crippen LogP contribution in [-0.4, -0.2) is 34.5 Å². The maximum Gasteiger partial charge on any atom is 0.338 e. The number of nitrogens with zero attached hydrogens (tertiary/aromatic N) is 1. The van der Waals surface area contributed by atoms with E-state index in [1.54, 1.807) is 0 Å². The fourth-order valence-electron chi connectivity index (χ4n) is 4.20. The molecule has 2 aromatic carbocycles. The summed E-state index contributed by atoms with van der Waals surface area (Å²) in [4.78, 5) is 27.8. The lowest BCUT2D eigenvalue weighted by atomic mass is 9.94. The van der Waals surface area contributed by atoms with Crippen molar-refractivity contribution in [2.24, 2.45) is 0 Å². The van der Waals surface area contributed by atoms with E-state index in [2.05, 4.69) is 10.6 Å². The molecular formula is C27H33N3O3S. The highest BCUT2D eigenvalue weighted by molar-refractivity contribution is 7.80. The molecule has 2 N–H and O–H groups in total. The van der Waals surface area contributed by atoms with Crippen molar-refractivity contribution in [1.29, 1.82) is 0 Å². The number of carbonyl (C=O) groups excluding carboxylic acids is 2. The number of anilines is 1. The van der Waals surface area contributed by atoms with E-state index in [1.807, 2.05) is 94.1 Å². The number of allylic oxidation sites excluding steroid dienone is 1. The van der Waals surface area contributed by atoms with Crippen molar-refractivity contribution >= 4 is 34.9 Å². The Labute approximate surface area is 207 Å². The molecule has 3 rings (SSSR count). The molecule has 0 saturated heterocycles. The third-order valence-corrected chi connectivity index (χ3v) is 6.25. The fourth-order valence-corrected chi connectivity index (χ4v) is 4.58. The molecule has 1 amide bonds. The predicted octanol–water partition coefficient (Wildman–Crippen LogP) is 5.30. The fraction of sp³-hybridized carbons (Fsp3) is 0.370. The summed E-state index contributed by atoms with van der Waals surface area (Å²) in [7, 11) is 0. The zero-order valence-electron chi connectivity index (χ0n) is 20.4. The van der Waals surface area contributed by atoms with Crippen LogP contribution in [0.5, 0.6) is 0 Å². The van der Waals surface area contributed by atoms with Gasteiger partial charge in [0.15, 0.2) is 5.11 Å². The van der Waals surface area contributed by atoms with Crippen molar-refractivity contribution in [1.82, 2.24) is 10.2 Å². The summed E-state index contributed by atoms with van der Waals surface area (Å²) in [6, 6.07) is 16.8. The Morgan fingerprint density at radius 3 is 2.29 bits per heavy atom. The minimum Gasteiger partial charge on any atom is -0.459 e. The molecule has 2 aromatic rings. The Kier molecular flexibility index (Phi) is 8.45. The number of amides is 1. The number of ether oxygens (including phenoxy) is 1. The number of hydrogen-bond donors (Lipinski definition) is 2. The number of thiocarbonyl (C=S) groups is 1. The zero-order valence-corrected chi connectivity index (χ0v) is 21.2. The highest BCUT2D eigenvalue weighted by Crippen LogP contribution is 2.32. The van der Waals surface area contributed by atoms with E-state index < -0.39 is 6.04 Å². The van der Waals surface area contributed by atoms with Gasteiger partial charge in [0.25, 0.3) is 0 Å². The van der Waals surface area contributed by atoms with Gasteiger partial charge in [-0.25, -0.2) is 4.79 Å². The summed E-state index contributed by atoms with van der Waals surface area (Å²) in [6.45, 7) is 10.2. The Balaban J connectivity index is 1.84. The second-order valence-electron chi connectivity index (χ2n) is 8.56. The molecule has 2 atom stereocenters. The molecule has 0 radical (unpaired) electrons. The van der Waals surface area contributed by atoms with Gasteiger partial charge in [-0.15, -0.1) is 0 Å². The lowest BCUT2D eigenvalue weighted by Crippen LogP contribution is -2.47. The van der Waals surface area contributed by atoms with Gasteiger partial charge in [-0.3, -0.25) is 4.79 Å². The van der Waals surface area contributed by atoms with Crippen LogP contribution in [0.15, 0.2) is 65.9 Å². The molecule has 6 nitrogen and oxygen atoms in total. The second kappa shape index (κ2) is 11.3. The van der Waals surface area contributed by atoms with Gasteiger partial charge in [0.05, 0.1) is 23.6 Å². The lowest BCUT2D eigenvalue weighted by molar-refractivity contribution is -0.143. The SMILES string of the molecule is CC[C@@H](C(=O)Nc1ccc([C@H]2NC(=S)N(CC)C(C)=C2C(=O)OC(C)C)cc1)c1ccccc1.